The molecule has 35 heavy (non-hydrogen) atoms. The van der Waals surface area contributed by atoms with Gasteiger partial charge in [0.15, 0.2) is 0 Å². The van der Waals surface area contributed by atoms with Crippen LogP contribution in [0.1, 0.15) is 84.0 Å². The molecule has 0 aliphatic rings. The van der Waals surface area contributed by atoms with Crippen LogP contribution in [0.2, 0.25) is 0 Å². The lowest BCUT2D eigenvalue weighted by atomic mass is 9.94. The third kappa shape index (κ3) is 10.1. The molecule has 0 aliphatic carbocycles. The molecule has 0 saturated heterocycles. The first kappa shape index (κ1) is 30.8. The summed E-state index contributed by atoms with van der Waals surface area (Å²) in [4.78, 5) is 41.9. The summed E-state index contributed by atoms with van der Waals surface area (Å²) < 4.78 is 5.42. The average Bonchev–Trinajstić information content (AvgIpc) is 2.70. The zero-order chi connectivity index (χ0) is 27.0. The monoisotopic (exact) mass is 507 g/mol. The third-order valence-electron chi connectivity index (χ3n) is 5.35. The van der Waals surface area contributed by atoms with Crippen molar-refractivity contribution in [3.05, 3.63) is 34.9 Å². The maximum atomic E-state index is 14.0. The Labute approximate surface area is 216 Å². The van der Waals surface area contributed by atoms with Crippen LogP contribution >= 0.6 is 11.8 Å². The molecule has 0 saturated carbocycles. The molecule has 7 nitrogen and oxygen atoms in total. The Morgan fingerprint density at radius 3 is 2.23 bits per heavy atom. The van der Waals surface area contributed by atoms with Gasteiger partial charge in [0.1, 0.15) is 17.7 Å². The quantitative estimate of drug-likeness (QED) is 0.458. The van der Waals surface area contributed by atoms with Crippen molar-refractivity contribution in [2.45, 2.75) is 98.4 Å². The summed E-state index contributed by atoms with van der Waals surface area (Å²) in [7, 11) is 0. The number of ether oxygens (including phenoxy) is 1. The molecule has 0 spiro atoms. The van der Waals surface area contributed by atoms with Gasteiger partial charge in [0.05, 0.1) is 0 Å². The molecular formula is C27H45N3O4S. The molecule has 0 aliphatic heterocycles. The number of alkyl carbamates (subject to hydrolysis) is 1. The Hall–Kier alpha value is -2.22. The van der Waals surface area contributed by atoms with Crippen LogP contribution in [0.4, 0.5) is 4.79 Å². The smallest absolute Gasteiger partial charge is 0.408 e. The molecule has 1 aromatic carbocycles. The van der Waals surface area contributed by atoms with Gasteiger partial charge in [0.2, 0.25) is 11.8 Å². The molecule has 0 heterocycles. The molecule has 1 aromatic rings. The molecule has 3 amide bonds. The fraction of sp³-hybridized carbons (Fsp3) is 0.667. The Morgan fingerprint density at radius 2 is 1.71 bits per heavy atom. The SMILES string of the molecule is CCCN(C(=O)C(CCSC)NC(=O)OC(C)(C)C)C(C(=O)NC(C)(C)C)c1cccc(C)c1C. The van der Waals surface area contributed by atoms with Crippen molar-refractivity contribution in [1.29, 1.82) is 0 Å². The van der Waals surface area contributed by atoms with Gasteiger partial charge >= 0.3 is 6.09 Å². The lowest BCUT2D eigenvalue weighted by Gasteiger charge is -2.36. The summed E-state index contributed by atoms with van der Waals surface area (Å²) in [6, 6.07) is 4.18. The van der Waals surface area contributed by atoms with Crippen LogP contribution in [0, 0.1) is 13.8 Å². The second kappa shape index (κ2) is 13.2. The van der Waals surface area contributed by atoms with E-state index in [-0.39, 0.29) is 11.8 Å². The van der Waals surface area contributed by atoms with Crippen molar-refractivity contribution in [1.82, 2.24) is 15.5 Å². The minimum Gasteiger partial charge on any atom is -0.444 e. The van der Waals surface area contributed by atoms with Gasteiger partial charge in [0, 0.05) is 12.1 Å². The van der Waals surface area contributed by atoms with Crippen molar-refractivity contribution < 1.29 is 19.1 Å². The van der Waals surface area contributed by atoms with Crippen molar-refractivity contribution in [3.63, 3.8) is 0 Å². The van der Waals surface area contributed by atoms with Crippen LogP contribution < -0.4 is 10.6 Å². The van der Waals surface area contributed by atoms with E-state index in [1.54, 1.807) is 37.4 Å². The van der Waals surface area contributed by atoms with E-state index in [4.69, 9.17) is 4.74 Å². The second-order valence-corrected chi connectivity index (χ2v) is 11.9. The first-order valence-electron chi connectivity index (χ1n) is 12.3. The number of aryl methyl sites for hydroxylation is 1. The van der Waals surface area contributed by atoms with E-state index in [1.807, 2.05) is 66.0 Å². The number of amides is 3. The minimum atomic E-state index is -0.821. The molecular weight excluding hydrogens is 462 g/mol. The van der Waals surface area contributed by atoms with Gasteiger partial charge in [0.25, 0.3) is 0 Å². The van der Waals surface area contributed by atoms with Crippen LogP contribution in [0.3, 0.4) is 0 Å². The number of benzene rings is 1. The van der Waals surface area contributed by atoms with Gasteiger partial charge < -0.3 is 20.3 Å². The standard InChI is InChI=1S/C27H45N3O4S/c1-11-16-30(24(32)21(15-17-35-10)28-25(33)34-27(7,8)9)22(23(31)29-26(4,5)6)20-14-12-13-18(2)19(20)3/h12-14,21-22H,11,15-17H2,1-10H3,(H,28,33)(H,29,31). The van der Waals surface area contributed by atoms with Gasteiger partial charge in [-0.25, -0.2) is 4.79 Å². The Morgan fingerprint density at radius 1 is 1.09 bits per heavy atom. The molecule has 8 heteroatoms. The normalized spacial score (nSPS) is 13.5. The van der Waals surface area contributed by atoms with E-state index in [9.17, 15) is 14.4 Å². The van der Waals surface area contributed by atoms with Gasteiger partial charge in [-0.2, -0.15) is 11.8 Å². The molecule has 2 atom stereocenters. The van der Waals surface area contributed by atoms with E-state index in [1.165, 1.54) is 0 Å². The van der Waals surface area contributed by atoms with Crippen molar-refractivity contribution in [2.75, 3.05) is 18.6 Å². The number of nitrogens with one attached hydrogen (secondary N) is 2. The Bertz CT molecular complexity index is 874. The lowest BCUT2D eigenvalue weighted by Crippen LogP contribution is -2.55. The summed E-state index contributed by atoms with van der Waals surface area (Å²) in [6.07, 6.45) is 2.40. The summed E-state index contributed by atoms with van der Waals surface area (Å²) in [6.45, 7) is 17.4. The second-order valence-electron chi connectivity index (χ2n) is 10.9. The van der Waals surface area contributed by atoms with Crippen molar-refractivity contribution >= 4 is 29.7 Å². The molecule has 0 radical (unpaired) electrons. The maximum absolute atomic E-state index is 14.0. The highest BCUT2D eigenvalue weighted by molar-refractivity contribution is 7.98. The Kier molecular flexibility index (Phi) is 11.6. The molecule has 0 fully saturated rings. The predicted octanol–water partition coefficient (Wildman–Crippen LogP) is 5.14. The van der Waals surface area contributed by atoms with Gasteiger partial charge in [-0.15, -0.1) is 0 Å². The maximum Gasteiger partial charge on any atom is 0.408 e. The van der Waals surface area contributed by atoms with E-state index in [0.29, 0.717) is 25.1 Å². The van der Waals surface area contributed by atoms with Crippen LogP contribution in [-0.4, -0.2) is 58.5 Å². The highest BCUT2D eigenvalue weighted by Crippen LogP contribution is 2.28. The van der Waals surface area contributed by atoms with E-state index >= 15 is 0 Å². The van der Waals surface area contributed by atoms with Crippen molar-refractivity contribution in [3.8, 4) is 0 Å². The largest absolute Gasteiger partial charge is 0.444 e. The number of nitrogens with zero attached hydrogens (tertiary/aromatic N) is 1. The summed E-state index contributed by atoms with van der Waals surface area (Å²) in [5.74, 6) is 0.143. The van der Waals surface area contributed by atoms with Crippen LogP contribution in [0.15, 0.2) is 18.2 Å². The van der Waals surface area contributed by atoms with E-state index < -0.39 is 29.3 Å². The third-order valence-corrected chi connectivity index (χ3v) is 5.99. The number of hydrogen-bond acceptors (Lipinski definition) is 5. The Balaban J connectivity index is 3.51. The van der Waals surface area contributed by atoms with Crippen LogP contribution in [0.25, 0.3) is 0 Å². The summed E-state index contributed by atoms with van der Waals surface area (Å²) >= 11 is 1.59. The number of hydrogen-bond donors (Lipinski definition) is 2. The fourth-order valence-corrected chi connectivity index (χ4v) is 4.18. The molecule has 0 bridgehead atoms. The number of rotatable bonds is 10. The molecule has 198 valence electrons. The highest BCUT2D eigenvalue weighted by Gasteiger charge is 2.37. The van der Waals surface area contributed by atoms with Crippen LogP contribution in [-0.2, 0) is 14.3 Å². The van der Waals surface area contributed by atoms with Gasteiger partial charge in [-0.3, -0.25) is 9.59 Å². The minimum absolute atomic E-state index is 0.242. The highest BCUT2D eigenvalue weighted by atomic mass is 32.2. The van der Waals surface area contributed by atoms with Crippen molar-refractivity contribution in [2.24, 2.45) is 0 Å². The van der Waals surface area contributed by atoms with Gasteiger partial charge in [-0.1, -0.05) is 25.1 Å². The molecule has 2 N–H and O–H groups in total. The van der Waals surface area contributed by atoms with E-state index in [0.717, 1.165) is 16.7 Å². The molecule has 2 unspecified atom stereocenters. The number of carbonyl (C=O) groups excluding carboxylic acids is 3. The lowest BCUT2D eigenvalue weighted by molar-refractivity contribution is -0.143. The first-order chi connectivity index (χ1) is 16.1. The first-order valence-corrected chi connectivity index (χ1v) is 13.7. The topological polar surface area (TPSA) is 87.7 Å². The predicted molar refractivity (Wildman–Crippen MR) is 145 cm³/mol. The van der Waals surface area contributed by atoms with Gasteiger partial charge in [-0.05, 0) is 96.9 Å². The molecule has 1 rings (SSSR count). The zero-order valence-corrected chi connectivity index (χ0v) is 24.0. The molecule has 0 aromatic heterocycles. The fourth-order valence-electron chi connectivity index (χ4n) is 3.71. The van der Waals surface area contributed by atoms with Crippen LogP contribution in [0.5, 0.6) is 0 Å². The zero-order valence-electron chi connectivity index (χ0n) is 23.2. The number of carbonyl (C=O) groups is 3. The average molecular weight is 508 g/mol. The summed E-state index contributed by atoms with van der Waals surface area (Å²) in [5, 5.41) is 5.83. The summed E-state index contributed by atoms with van der Waals surface area (Å²) in [5.41, 5.74) is 1.64. The van der Waals surface area contributed by atoms with E-state index in [2.05, 4.69) is 10.6 Å². The number of thioether (sulfide) groups is 1.